The van der Waals surface area contributed by atoms with E-state index in [1.54, 1.807) is 6.92 Å². The van der Waals surface area contributed by atoms with E-state index in [9.17, 15) is 13.2 Å². The Morgan fingerprint density at radius 3 is 2.93 bits per heavy atom. The highest BCUT2D eigenvalue weighted by Gasteiger charge is 2.30. The molecular formula is C16H15N3O6S3. The molecule has 28 heavy (non-hydrogen) atoms. The summed E-state index contributed by atoms with van der Waals surface area (Å²) < 4.78 is 44.0. The molecule has 0 saturated heterocycles. The molecule has 0 atom stereocenters. The summed E-state index contributed by atoms with van der Waals surface area (Å²) in [5.41, 5.74) is 1.48. The molecule has 1 aliphatic rings. The highest BCUT2D eigenvalue weighted by molar-refractivity contribution is 7.93. The van der Waals surface area contributed by atoms with E-state index in [2.05, 4.69) is 19.6 Å². The molecule has 0 aromatic carbocycles. The number of hydrogen-bond donors (Lipinski definition) is 1. The zero-order valence-corrected chi connectivity index (χ0v) is 17.3. The number of sulfonamides is 1. The Morgan fingerprint density at radius 2 is 2.21 bits per heavy atom. The second-order valence-electron chi connectivity index (χ2n) is 5.87. The van der Waals surface area contributed by atoms with Crippen LogP contribution in [0, 0.1) is 6.92 Å². The number of thiophene rings is 2. The van der Waals surface area contributed by atoms with Gasteiger partial charge in [0, 0.05) is 4.88 Å². The van der Waals surface area contributed by atoms with E-state index in [0.717, 1.165) is 21.8 Å². The molecule has 0 unspecified atom stereocenters. The van der Waals surface area contributed by atoms with Crippen molar-refractivity contribution in [3.8, 4) is 11.5 Å². The van der Waals surface area contributed by atoms with E-state index in [-0.39, 0.29) is 15.7 Å². The highest BCUT2D eigenvalue weighted by Crippen LogP contribution is 2.43. The van der Waals surface area contributed by atoms with Gasteiger partial charge in [-0.2, -0.15) is 4.98 Å². The Kier molecular flexibility index (Phi) is 4.95. The molecule has 1 aliphatic heterocycles. The first-order valence-corrected chi connectivity index (χ1v) is 11.3. The number of rotatable bonds is 5. The molecule has 0 radical (unpaired) electrons. The third kappa shape index (κ3) is 3.32. The number of nitrogens with one attached hydrogen (secondary N) is 1. The summed E-state index contributed by atoms with van der Waals surface area (Å²) in [6.45, 7) is 2.59. The first-order valence-electron chi connectivity index (χ1n) is 8.12. The molecule has 1 N–H and O–H groups in total. The fourth-order valence-electron chi connectivity index (χ4n) is 2.86. The van der Waals surface area contributed by atoms with Crippen molar-refractivity contribution >= 4 is 43.7 Å². The minimum atomic E-state index is -4.04. The lowest BCUT2D eigenvalue weighted by atomic mass is 10.1. The molecule has 0 fully saturated rings. The maximum Gasteiger partial charge on any atom is 0.349 e. The highest BCUT2D eigenvalue weighted by atomic mass is 32.2. The van der Waals surface area contributed by atoms with Crippen LogP contribution in [0.4, 0.5) is 5.00 Å². The van der Waals surface area contributed by atoms with E-state index in [0.29, 0.717) is 36.0 Å². The zero-order valence-electron chi connectivity index (χ0n) is 14.8. The molecule has 3 aromatic heterocycles. The van der Waals surface area contributed by atoms with Gasteiger partial charge in [0.15, 0.2) is 5.82 Å². The predicted octanol–water partition coefficient (Wildman–Crippen LogP) is 2.83. The Morgan fingerprint density at radius 1 is 1.39 bits per heavy atom. The van der Waals surface area contributed by atoms with Crippen LogP contribution >= 0.6 is 22.7 Å². The van der Waals surface area contributed by atoms with Crippen molar-refractivity contribution < 1.29 is 27.2 Å². The number of methoxy groups -OCH3 is 1. The SMILES string of the molecule is COC(=O)c1sccc1S(=O)(=O)Nc1sc2c(c1-c1nc(C)no1)CCOC2. The number of aromatic nitrogens is 2. The van der Waals surface area contributed by atoms with Crippen LogP contribution in [-0.4, -0.2) is 38.2 Å². The Labute approximate surface area is 168 Å². The second-order valence-corrected chi connectivity index (χ2v) is 9.54. The molecule has 4 rings (SSSR count). The summed E-state index contributed by atoms with van der Waals surface area (Å²) in [5, 5.41) is 5.68. The quantitative estimate of drug-likeness (QED) is 0.600. The third-order valence-electron chi connectivity index (χ3n) is 4.08. The van der Waals surface area contributed by atoms with Crippen LogP contribution in [0.3, 0.4) is 0 Å². The molecule has 0 aliphatic carbocycles. The van der Waals surface area contributed by atoms with Crippen LogP contribution in [-0.2, 0) is 32.5 Å². The molecular weight excluding hydrogens is 426 g/mol. The van der Waals surface area contributed by atoms with Gasteiger partial charge in [-0.1, -0.05) is 5.16 Å². The molecule has 148 valence electrons. The van der Waals surface area contributed by atoms with Crippen molar-refractivity contribution in [2.45, 2.75) is 24.8 Å². The van der Waals surface area contributed by atoms with Gasteiger partial charge in [-0.05, 0) is 30.4 Å². The van der Waals surface area contributed by atoms with Gasteiger partial charge >= 0.3 is 5.97 Å². The summed E-state index contributed by atoms with van der Waals surface area (Å²) in [7, 11) is -2.84. The minimum absolute atomic E-state index is 0.00911. The topological polar surface area (TPSA) is 121 Å². The number of nitrogens with zero attached hydrogens (tertiary/aromatic N) is 2. The number of hydrogen-bond acceptors (Lipinski definition) is 10. The minimum Gasteiger partial charge on any atom is -0.465 e. The zero-order chi connectivity index (χ0) is 19.9. The van der Waals surface area contributed by atoms with Gasteiger partial charge in [-0.25, -0.2) is 13.2 Å². The normalized spacial score (nSPS) is 13.9. The van der Waals surface area contributed by atoms with E-state index < -0.39 is 16.0 Å². The number of carbonyl (C=O) groups is 1. The van der Waals surface area contributed by atoms with Gasteiger partial charge < -0.3 is 14.0 Å². The number of carbonyl (C=O) groups excluding carboxylic acids is 1. The first-order chi connectivity index (χ1) is 13.4. The smallest absolute Gasteiger partial charge is 0.349 e. The lowest BCUT2D eigenvalue weighted by Gasteiger charge is -2.12. The van der Waals surface area contributed by atoms with Crippen molar-refractivity contribution in [3.63, 3.8) is 0 Å². The van der Waals surface area contributed by atoms with Crippen molar-refractivity contribution in [1.29, 1.82) is 0 Å². The summed E-state index contributed by atoms with van der Waals surface area (Å²) in [4.78, 5) is 16.9. The second kappa shape index (κ2) is 7.28. The molecule has 4 heterocycles. The average molecular weight is 442 g/mol. The number of fused-ring (bicyclic) bond motifs is 1. The van der Waals surface area contributed by atoms with Crippen LogP contribution in [0.5, 0.6) is 0 Å². The number of aryl methyl sites for hydroxylation is 1. The Bertz CT molecular complexity index is 1140. The van der Waals surface area contributed by atoms with E-state index in [1.165, 1.54) is 29.9 Å². The number of esters is 1. The fourth-order valence-corrected chi connectivity index (χ4v) is 6.68. The van der Waals surface area contributed by atoms with E-state index in [4.69, 9.17) is 9.26 Å². The molecule has 0 amide bonds. The van der Waals surface area contributed by atoms with Crippen LogP contribution < -0.4 is 4.72 Å². The maximum absolute atomic E-state index is 13.0. The molecule has 9 nitrogen and oxygen atoms in total. The predicted molar refractivity (Wildman–Crippen MR) is 102 cm³/mol. The van der Waals surface area contributed by atoms with Crippen LogP contribution in [0.25, 0.3) is 11.5 Å². The standard InChI is InChI=1S/C16H15N3O6S3/c1-8-17-14(25-18-8)12-9-3-5-24-7-10(9)27-15(12)19-28(21,22)11-4-6-26-13(11)16(20)23-2/h4,6,19H,3,5,7H2,1-2H3. The van der Waals surface area contributed by atoms with Crippen LogP contribution in [0.15, 0.2) is 20.9 Å². The number of anilines is 1. The van der Waals surface area contributed by atoms with Gasteiger partial charge in [0.05, 0.1) is 25.9 Å². The lowest BCUT2D eigenvalue weighted by Crippen LogP contribution is -2.15. The summed E-state index contributed by atoms with van der Waals surface area (Å²) in [5.74, 6) is -0.0169. The summed E-state index contributed by atoms with van der Waals surface area (Å²) in [6.07, 6.45) is 0.607. The summed E-state index contributed by atoms with van der Waals surface area (Å²) >= 11 is 2.25. The van der Waals surface area contributed by atoms with Crippen LogP contribution in [0.1, 0.15) is 25.9 Å². The summed E-state index contributed by atoms with van der Waals surface area (Å²) in [6, 6.07) is 1.37. The van der Waals surface area contributed by atoms with Gasteiger partial charge in [0.25, 0.3) is 15.9 Å². The molecule has 12 heteroatoms. The van der Waals surface area contributed by atoms with Crippen molar-refractivity contribution in [2.75, 3.05) is 18.4 Å². The van der Waals surface area contributed by atoms with Crippen molar-refractivity contribution in [2.24, 2.45) is 0 Å². The maximum atomic E-state index is 13.0. The van der Waals surface area contributed by atoms with Gasteiger partial charge in [0.2, 0.25) is 0 Å². The van der Waals surface area contributed by atoms with Gasteiger partial charge in [-0.3, -0.25) is 4.72 Å². The Hall–Kier alpha value is -2.28. The average Bonchev–Trinajstić information content (AvgIpc) is 3.38. The molecule has 3 aromatic rings. The van der Waals surface area contributed by atoms with Crippen molar-refractivity contribution in [3.05, 3.63) is 32.6 Å². The largest absolute Gasteiger partial charge is 0.465 e. The monoisotopic (exact) mass is 441 g/mol. The fraction of sp³-hybridized carbons (Fsp3) is 0.312. The molecule has 0 spiro atoms. The van der Waals surface area contributed by atoms with E-state index in [1.807, 2.05) is 0 Å². The Balaban J connectivity index is 1.79. The first kappa shape index (κ1) is 19.1. The van der Waals surface area contributed by atoms with Crippen molar-refractivity contribution in [1.82, 2.24) is 10.1 Å². The number of ether oxygens (including phenoxy) is 2. The van der Waals surface area contributed by atoms with E-state index >= 15 is 0 Å². The van der Waals surface area contributed by atoms with Gasteiger partial charge in [0.1, 0.15) is 14.8 Å². The lowest BCUT2D eigenvalue weighted by molar-refractivity contribution is 0.0602. The van der Waals surface area contributed by atoms with Gasteiger partial charge in [-0.15, -0.1) is 22.7 Å². The van der Waals surface area contributed by atoms with Crippen LogP contribution in [0.2, 0.25) is 0 Å². The molecule has 0 bridgehead atoms. The third-order valence-corrected chi connectivity index (χ3v) is 7.74. The molecule has 0 saturated carbocycles.